The predicted octanol–water partition coefficient (Wildman–Crippen LogP) is 4.19. The minimum Gasteiger partial charge on any atom is -0.460 e. The molecule has 4 heteroatoms. The van der Waals surface area contributed by atoms with Gasteiger partial charge in [-0.1, -0.05) is 36.4 Å². The van der Waals surface area contributed by atoms with Gasteiger partial charge in [-0.15, -0.1) is 0 Å². The Balaban J connectivity index is 1.52. The van der Waals surface area contributed by atoms with Gasteiger partial charge >= 0.3 is 6.01 Å². The van der Waals surface area contributed by atoms with Crippen molar-refractivity contribution < 1.29 is 4.74 Å². The van der Waals surface area contributed by atoms with Gasteiger partial charge in [-0.25, -0.2) is 4.98 Å². The number of hydrogen-bond acceptors (Lipinski definition) is 4. The first kappa shape index (κ1) is 16.0. The second-order valence-corrected chi connectivity index (χ2v) is 6.78. The van der Waals surface area contributed by atoms with Gasteiger partial charge in [0.25, 0.3) is 0 Å². The monoisotopic (exact) mass is 333 g/mol. The highest BCUT2D eigenvalue weighted by Crippen LogP contribution is 2.27. The molecule has 1 aliphatic carbocycles. The summed E-state index contributed by atoms with van der Waals surface area (Å²) in [5.41, 5.74) is 7.74. The van der Waals surface area contributed by atoms with Crippen molar-refractivity contribution in [1.29, 1.82) is 0 Å². The van der Waals surface area contributed by atoms with Crippen molar-refractivity contribution in [3.8, 4) is 17.3 Å². The lowest BCUT2D eigenvalue weighted by Gasteiger charge is -2.27. The van der Waals surface area contributed by atoms with Gasteiger partial charge in [-0.3, -0.25) is 0 Å². The van der Waals surface area contributed by atoms with Crippen molar-refractivity contribution in [2.75, 3.05) is 6.54 Å². The molecule has 2 aromatic carbocycles. The fraction of sp³-hybridized carbons (Fsp3) is 0.333. The molecule has 0 radical (unpaired) electrons. The number of rotatable bonds is 4. The summed E-state index contributed by atoms with van der Waals surface area (Å²) >= 11 is 0. The minimum atomic E-state index is 0.203. The minimum absolute atomic E-state index is 0.203. The molecule has 1 saturated carbocycles. The van der Waals surface area contributed by atoms with Crippen LogP contribution in [0.4, 0.5) is 0 Å². The average Bonchev–Trinajstić information content (AvgIpc) is 2.68. The maximum Gasteiger partial charge on any atom is 0.317 e. The van der Waals surface area contributed by atoms with E-state index >= 15 is 0 Å². The highest BCUT2D eigenvalue weighted by Gasteiger charge is 2.22. The summed E-state index contributed by atoms with van der Waals surface area (Å²) in [6.45, 7) is 0.778. The molecule has 4 nitrogen and oxygen atoms in total. The Morgan fingerprint density at radius 2 is 1.76 bits per heavy atom. The van der Waals surface area contributed by atoms with Crippen LogP contribution in [0.1, 0.15) is 25.7 Å². The molecular formula is C21H23N3O. The van der Waals surface area contributed by atoms with Crippen LogP contribution in [0.3, 0.4) is 0 Å². The second-order valence-electron chi connectivity index (χ2n) is 6.78. The van der Waals surface area contributed by atoms with E-state index in [9.17, 15) is 0 Å². The molecule has 0 bridgehead atoms. The van der Waals surface area contributed by atoms with E-state index in [1.807, 2.05) is 6.07 Å². The third kappa shape index (κ3) is 3.64. The highest BCUT2D eigenvalue weighted by atomic mass is 16.5. The zero-order chi connectivity index (χ0) is 17.1. The van der Waals surface area contributed by atoms with Crippen LogP contribution in [-0.4, -0.2) is 22.6 Å². The molecule has 3 aromatic rings. The standard InChI is InChI=1S/C21H23N3O/c22-14-15-5-9-19(10-6-15)25-21-23-12-11-20(24-21)18-8-7-16-3-1-2-4-17(16)13-18/h1-4,7-8,11-13,15,19H,5-6,9-10,14,22H2/t15-,19-. The van der Waals surface area contributed by atoms with Gasteiger partial charge in [0.15, 0.2) is 0 Å². The largest absolute Gasteiger partial charge is 0.460 e. The number of hydrogen-bond donors (Lipinski definition) is 1. The quantitative estimate of drug-likeness (QED) is 0.777. The van der Waals surface area contributed by atoms with E-state index in [-0.39, 0.29) is 6.10 Å². The summed E-state index contributed by atoms with van der Waals surface area (Å²) < 4.78 is 6.03. The average molecular weight is 333 g/mol. The Morgan fingerprint density at radius 3 is 2.56 bits per heavy atom. The lowest BCUT2D eigenvalue weighted by atomic mass is 9.87. The molecule has 0 aliphatic heterocycles. The molecule has 1 aliphatic rings. The molecule has 1 fully saturated rings. The van der Waals surface area contributed by atoms with E-state index in [2.05, 4.69) is 52.4 Å². The van der Waals surface area contributed by atoms with Crippen molar-refractivity contribution in [2.45, 2.75) is 31.8 Å². The smallest absolute Gasteiger partial charge is 0.317 e. The predicted molar refractivity (Wildman–Crippen MR) is 100 cm³/mol. The molecular weight excluding hydrogens is 310 g/mol. The van der Waals surface area contributed by atoms with Crippen LogP contribution in [0.25, 0.3) is 22.0 Å². The molecule has 0 atom stereocenters. The Bertz CT molecular complexity index is 856. The number of nitrogens with two attached hydrogens (primary N) is 1. The third-order valence-corrected chi connectivity index (χ3v) is 5.08. The molecule has 0 spiro atoms. The van der Waals surface area contributed by atoms with Crippen molar-refractivity contribution in [2.24, 2.45) is 11.7 Å². The Kier molecular flexibility index (Phi) is 4.61. The molecule has 2 N–H and O–H groups in total. The molecule has 0 amide bonds. The van der Waals surface area contributed by atoms with Gasteiger partial charge in [0.2, 0.25) is 0 Å². The fourth-order valence-electron chi connectivity index (χ4n) is 3.54. The van der Waals surface area contributed by atoms with Crippen LogP contribution in [0.5, 0.6) is 6.01 Å². The van der Waals surface area contributed by atoms with Crippen LogP contribution >= 0.6 is 0 Å². The topological polar surface area (TPSA) is 61.0 Å². The molecule has 0 unspecified atom stereocenters. The van der Waals surface area contributed by atoms with Gasteiger partial charge in [-0.05, 0) is 61.1 Å². The Labute approximate surface area is 148 Å². The summed E-state index contributed by atoms with van der Waals surface area (Å²) in [6, 6.07) is 17.1. The second kappa shape index (κ2) is 7.19. The van der Waals surface area contributed by atoms with Crippen LogP contribution in [-0.2, 0) is 0 Å². The van der Waals surface area contributed by atoms with E-state index in [4.69, 9.17) is 10.5 Å². The zero-order valence-electron chi connectivity index (χ0n) is 14.3. The van der Waals surface area contributed by atoms with Gasteiger partial charge in [0.05, 0.1) is 5.69 Å². The number of ether oxygens (including phenoxy) is 1. The SMILES string of the molecule is NC[C@H]1CC[C@H](Oc2nccc(-c3ccc4ccccc4c3)n2)CC1. The third-order valence-electron chi connectivity index (χ3n) is 5.08. The fourth-order valence-corrected chi connectivity index (χ4v) is 3.54. The van der Waals surface area contributed by atoms with E-state index < -0.39 is 0 Å². The zero-order valence-corrected chi connectivity index (χ0v) is 14.3. The molecule has 128 valence electrons. The van der Waals surface area contributed by atoms with Crippen LogP contribution < -0.4 is 10.5 Å². The number of fused-ring (bicyclic) bond motifs is 1. The number of nitrogens with zero attached hydrogens (tertiary/aromatic N) is 2. The van der Waals surface area contributed by atoms with Crippen LogP contribution in [0.15, 0.2) is 54.7 Å². The van der Waals surface area contributed by atoms with Gasteiger partial charge < -0.3 is 10.5 Å². The van der Waals surface area contributed by atoms with Gasteiger partial charge in [0.1, 0.15) is 6.10 Å². The first-order chi connectivity index (χ1) is 12.3. The molecule has 0 saturated heterocycles. The highest BCUT2D eigenvalue weighted by molar-refractivity contribution is 5.86. The van der Waals surface area contributed by atoms with E-state index in [1.54, 1.807) is 6.20 Å². The van der Waals surface area contributed by atoms with Crippen LogP contribution in [0, 0.1) is 5.92 Å². The maximum absolute atomic E-state index is 6.03. The lowest BCUT2D eigenvalue weighted by Crippen LogP contribution is -2.28. The van der Waals surface area contributed by atoms with E-state index in [1.165, 1.54) is 10.8 Å². The van der Waals surface area contributed by atoms with Crippen molar-refractivity contribution >= 4 is 10.8 Å². The van der Waals surface area contributed by atoms with Gasteiger partial charge in [-0.2, -0.15) is 4.98 Å². The van der Waals surface area contributed by atoms with Crippen LogP contribution in [0.2, 0.25) is 0 Å². The Morgan fingerprint density at radius 1 is 0.960 bits per heavy atom. The molecule has 1 heterocycles. The van der Waals surface area contributed by atoms with E-state index in [0.29, 0.717) is 11.9 Å². The van der Waals surface area contributed by atoms with E-state index in [0.717, 1.165) is 43.5 Å². The molecule has 4 rings (SSSR count). The first-order valence-corrected chi connectivity index (χ1v) is 9.01. The summed E-state index contributed by atoms with van der Waals surface area (Å²) in [6.07, 6.45) is 6.31. The summed E-state index contributed by atoms with van der Waals surface area (Å²) in [5.74, 6) is 0.643. The van der Waals surface area contributed by atoms with Gasteiger partial charge in [0, 0.05) is 11.8 Å². The summed E-state index contributed by atoms with van der Waals surface area (Å²) in [7, 11) is 0. The number of aromatic nitrogens is 2. The number of benzene rings is 2. The maximum atomic E-state index is 6.03. The molecule has 25 heavy (non-hydrogen) atoms. The lowest BCUT2D eigenvalue weighted by molar-refractivity contribution is 0.122. The summed E-state index contributed by atoms with van der Waals surface area (Å²) in [4.78, 5) is 8.93. The first-order valence-electron chi connectivity index (χ1n) is 9.01. The van der Waals surface area contributed by atoms with Crippen molar-refractivity contribution in [3.63, 3.8) is 0 Å². The normalized spacial score (nSPS) is 20.5. The summed E-state index contributed by atoms with van der Waals surface area (Å²) in [5, 5.41) is 2.44. The molecule has 1 aromatic heterocycles. The Hall–Kier alpha value is -2.46. The van der Waals surface area contributed by atoms with Crippen molar-refractivity contribution in [1.82, 2.24) is 9.97 Å². The van der Waals surface area contributed by atoms with Crippen molar-refractivity contribution in [3.05, 3.63) is 54.7 Å².